The number of benzene rings is 2. The van der Waals surface area contributed by atoms with Crippen LogP contribution in [0, 0.1) is 13.8 Å². The normalized spacial score (nSPS) is 11.1. The molecule has 3 rings (SSSR count). The molecule has 1 heterocycles. The molecule has 0 radical (unpaired) electrons. The second-order valence-electron chi connectivity index (χ2n) is 5.72. The summed E-state index contributed by atoms with van der Waals surface area (Å²) in [6.45, 7) is 3.77. The zero-order valence-corrected chi connectivity index (χ0v) is 15.7. The summed E-state index contributed by atoms with van der Waals surface area (Å²) >= 11 is 12.6. The Bertz CT molecular complexity index is 978. The topological polar surface area (TPSA) is 59.3 Å². The van der Waals surface area contributed by atoms with Crippen molar-refractivity contribution in [3.63, 3.8) is 0 Å². The van der Waals surface area contributed by atoms with E-state index in [1.54, 1.807) is 22.9 Å². The number of aryl methyl sites for hydroxylation is 2. The number of nitrogens with zero attached hydrogens (tertiary/aromatic N) is 3. The molecule has 0 spiro atoms. The molecule has 132 valence electrons. The fourth-order valence-corrected chi connectivity index (χ4v) is 2.90. The molecule has 0 fully saturated rings. The predicted octanol–water partition coefficient (Wildman–Crippen LogP) is 4.56. The van der Waals surface area contributed by atoms with Gasteiger partial charge in [0.2, 0.25) is 0 Å². The van der Waals surface area contributed by atoms with Gasteiger partial charge in [-0.3, -0.25) is 4.79 Å². The van der Waals surface area contributed by atoms with E-state index < -0.39 is 0 Å². The first-order valence-corrected chi connectivity index (χ1v) is 8.63. The zero-order valence-electron chi connectivity index (χ0n) is 14.2. The lowest BCUT2D eigenvalue weighted by molar-refractivity contribution is 0.0955. The molecule has 0 atom stereocenters. The Morgan fingerprint density at radius 3 is 2.50 bits per heavy atom. The summed E-state index contributed by atoms with van der Waals surface area (Å²) in [6, 6.07) is 14.5. The smallest absolute Gasteiger partial charge is 0.267 e. The van der Waals surface area contributed by atoms with Crippen LogP contribution >= 0.6 is 23.2 Å². The van der Waals surface area contributed by atoms with Gasteiger partial charge in [0.05, 0.1) is 28.2 Å². The van der Waals surface area contributed by atoms with Gasteiger partial charge in [0.25, 0.3) is 5.91 Å². The molecule has 0 unspecified atom stereocenters. The monoisotopic (exact) mass is 386 g/mol. The molecule has 2 aromatic carbocycles. The van der Waals surface area contributed by atoms with Crippen LogP contribution < -0.4 is 5.43 Å². The Hall–Kier alpha value is -2.63. The molecule has 0 aliphatic heterocycles. The maximum absolute atomic E-state index is 12.1. The van der Waals surface area contributed by atoms with Crippen LogP contribution in [-0.4, -0.2) is 21.9 Å². The molecule has 1 aromatic heterocycles. The number of halogens is 2. The Morgan fingerprint density at radius 2 is 1.81 bits per heavy atom. The Labute approximate surface area is 161 Å². The van der Waals surface area contributed by atoms with E-state index in [1.165, 1.54) is 6.21 Å². The molecule has 0 aliphatic rings. The highest BCUT2D eigenvalue weighted by Crippen LogP contribution is 2.26. The van der Waals surface area contributed by atoms with Gasteiger partial charge in [0, 0.05) is 5.56 Å². The van der Waals surface area contributed by atoms with E-state index in [1.807, 2.05) is 44.2 Å². The summed E-state index contributed by atoms with van der Waals surface area (Å²) in [5.74, 6) is -0.298. The molecule has 0 aliphatic carbocycles. The van der Waals surface area contributed by atoms with Gasteiger partial charge >= 0.3 is 0 Å². The number of carbonyl (C=O) groups excluding carboxylic acids is 1. The van der Waals surface area contributed by atoms with Crippen molar-refractivity contribution < 1.29 is 4.79 Å². The van der Waals surface area contributed by atoms with Crippen LogP contribution in [0.15, 0.2) is 53.6 Å². The number of para-hydroxylation sites is 1. The first-order valence-electron chi connectivity index (χ1n) is 7.87. The average molecular weight is 387 g/mol. The van der Waals surface area contributed by atoms with Crippen LogP contribution in [-0.2, 0) is 0 Å². The minimum absolute atomic E-state index is 0.298. The summed E-state index contributed by atoms with van der Waals surface area (Å²) < 4.78 is 1.54. The summed E-state index contributed by atoms with van der Waals surface area (Å²) in [5, 5.41) is 9.30. The lowest BCUT2D eigenvalue weighted by atomic mass is 10.1. The maximum Gasteiger partial charge on any atom is 0.271 e. The number of hydrogen-bond donors (Lipinski definition) is 1. The first kappa shape index (κ1) is 18.2. The van der Waals surface area contributed by atoms with Crippen LogP contribution in [0.1, 0.15) is 27.2 Å². The van der Waals surface area contributed by atoms with Gasteiger partial charge in [0.1, 0.15) is 5.15 Å². The zero-order chi connectivity index (χ0) is 18.7. The molecule has 0 bridgehead atoms. The van der Waals surface area contributed by atoms with E-state index in [4.69, 9.17) is 23.2 Å². The summed E-state index contributed by atoms with van der Waals surface area (Å²) in [6.07, 6.45) is 1.48. The van der Waals surface area contributed by atoms with E-state index in [2.05, 4.69) is 15.6 Å². The highest BCUT2D eigenvalue weighted by atomic mass is 35.5. The van der Waals surface area contributed by atoms with Crippen molar-refractivity contribution in [2.24, 2.45) is 5.10 Å². The Morgan fingerprint density at radius 1 is 1.12 bits per heavy atom. The van der Waals surface area contributed by atoms with Gasteiger partial charge in [-0.2, -0.15) is 10.2 Å². The van der Waals surface area contributed by atoms with E-state index in [0.29, 0.717) is 32.7 Å². The van der Waals surface area contributed by atoms with Crippen LogP contribution in [0.5, 0.6) is 0 Å². The standard InChI is InChI=1S/C19H16Cl2N4O/c1-12-7-9-14(10-8-12)19(26)23-22-11-15-13(2)24-25(18(15)21)17-6-4-3-5-16(17)20/h3-11H,1-2H3,(H,23,26)/b22-11-. The minimum atomic E-state index is -0.298. The largest absolute Gasteiger partial charge is 0.271 e. The first-order chi connectivity index (χ1) is 12.5. The molecule has 7 heteroatoms. The Kier molecular flexibility index (Phi) is 5.40. The SMILES string of the molecule is Cc1ccc(C(=O)N/N=C\c2c(C)nn(-c3ccccc3Cl)c2Cl)cc1. The van der Waals surface area contributed by atoms with Crippen LogP contribution in [0.3, 0.4) is 0 Å². The third kappa shape index (κ3) is 3.79. The van der Waals surface area contributed by atoms with Gasteiger partial charge in [0.15, 0.2) is 0 Å². The maximum atomic E-state index is 12.1. The highest BCUT2D eigenvalue weighted by Gasteiger charge is 2.15. The molecule has 1 N–H and O–H groups in total. The average Bonchev–Trinajstić information content (AvgIpc) is 2.90. The van der Waals surface area contributed by atoms with Crippen molar-refractivity contribution >= 4 is 35.3 Å². The highest BCUT2D eigenvalue weighted by molar-refractivity contribution is 6.34. The fraction of sp³-hybridized carbons (Fsp3) is 0.105. The molecule has 0 saturated carbocycles. The van der Waals surface area contributed by atoms with Crippen molar-refractivity contribution in [1.29, 1.82) is 0 Å². The van der Waals surface area contributed by atoms with Gasteiger partial charge in [-0.15, -0.1) is 0 Å². The van der Waals surface area contributed by atoms with E-state index in [0.717, 1.165) is 5.56 Å². The molecule has 5 nitrogen and oxygen atoms in total. The number of amides is 1. The summed E-state index contributed by atoms with van der Waals surface area (Å²) in [7, 11) is 0. The van der Waals surface area contributed by atoms with Crippen LogP contribution in [0.25, 0.3) is 5.69 Å². The fourth-order valence-electron chi connectivity index (χ4n) is 2.37. The third-order valence-electron chi connectivity index (χ3n) is 3.80. The quantitative estimate of drug-likeness (QED) is 0.527. The number of rotatable bonds is 4. The number of carbonyl (C=O) groups is 1. The van der Waals surface area contributed by atoms with Crippen LogP contribution in [0.2, 0.25) is 10.2 Å². The Balaban J connectivity index is 1.80. The van der Waals surface area contributed by atoms with Crippen LogP contribution in [0.4, 0.5) is 0 Å². The molecular formula is C19H16Cl2N4O. The number of nitrogens with one attached hydrogen (secondary N) is 1. The summed E-state index contributed by atoms with van der Waals surface area (Å²) in [4.78, 5) is 12.1. The van der Waals surface area contributed by atoms with Gasteiger partial charge in [-0.25, -0.2) is 10.1 Å². The van der Waals surface area contributed by atoms with E-state index >= 15 is 0 Å². The third-order valence-corrected chi connectivity index (χ3v) is 4.49. The molecule has 3 aromatic rings. The second kappa shape index (κ2) is 7.72. The molecule has 26 heavy (non-hydrogen) atoms. The number of hydrazone groups is 1. The van der Waals surface area contributed by atoms with Gasteiger partial charge < -0.3 is 0 Å². The molecular weight excluding hydrogens is 371 g/mol. The lowest BCUT2D eigenvalue weighted by Crippen LogP contribution is -2.17. The van der Waals surface area contributed by atoms with Crippen molar-refractivity contribution in [2.45, 2.75) is 13.8 Å². The van der Waals surface area contributed by atoms with Crippen molar-refractivity contribution in [1.82, 2.24) is 15.2 Å². The lowest BCUT2D eigenvalue weighted by Gasteiger charge is -2.05. The summed E-state index contributed by atoms with van der Waals surface area (Å²) in [5.41, 5.74) is 6.05. The predicted molar refractivity (Wildman–Crippen MR) is 105 cm³/mol. The van der Waals surface area contributed by atoms with Crippen molar-refractivity contribution in [3.05, 3.63) is 81.1 Å². The van der Waals surface area contributed by atoms with E-state index in [9.17, 15) is 4.79 Å². The number of aromatic nitrogens is 2. The molecule has 1 amide bonds. The molecule has 0 saturated heterocycles. The van der Waals surface area contributed by atoms with E-state index in [-0.39, 0.29) is 5.91 Å². The minimum Gasteiger partial charge on any atom is -0.267 e. The second-order valence-corrected chi connectivity index (χ2v) is 6.48. The van der Waals surface area contributed by atoms with Gasteiger partial charge in [-0.1, -0.05) is 53.0 Å². The van der Waals surface area contributed by atoms with Gasteiger partial charge in [-0.05, 0) is 38.1 Å². The van der Waals surface area contributed by atoms with Crippen molar-refractivity contribution in [2.75, 3.05) is 0 Å². The van der Waals surface area contributed by atoms with Crippen molar-refractivity contribution in [3.8, 4) is 5.69 Å². The number of hydrogen-bond acceptors (Lipinski definition) is 3.